The van der Waals surface area contributed by atoms with Gasteiger partial charge in [-0.05, 0) is 25.1 Å². The molecular formula is C12H11Cl2N3O. The summed E-state index contributed by atoms with van der Waals surface area (Å²) in [5.74, 6) is 0. The van der Waals surface area contributed by atoms with Gasteiger partial charge in [-0.2, -0.15) is 5.10 Å². The number of nitrogens with two attached hydrogens (primary N) is 1. The molecule has 0 saturated heterocycles. The van der Waals surface area contributed by atoms with E-state index in [-0.39, 0.29) is 12.0 Å². The second-order valence-corrected chi connectivity index (χ2v) is 4.63. The zero-order valence-electron chi connectivity index (χ0n) is 9.65. The lowest BCUT2D eigenvalue weighted by Gasteiger charge is -2.11. The number of hydrogen-bond acceptors (Lipinski definition) is 3. The van der Waals surface area contributed by atoms with E-state index in [1.165, 1.54) is 6.07 Å². The molecule has 0 aliphatic heterocycles. The highest BCUT2D eigenvalue weighted by Crippen LogP contribution is 2.24. The van der Waals surface area contributed by atoms with Crippen molar-refractivity contribution in [3.8, 4) is 5.69 Å². The Morgan fingerprint density at radius 3 is 2.61 bits per heavy atom. The molecule has 0 radical (unpaired) electrons. The maximum atomic E-state index is 11.6. The molecule has 0 atom stereocenters. The average molecular weight is 284 g/mol. The van der Waals surface area contributed by atoms with E-state index < -0.39 is 0 Å². The van der Waals surface area contributed by atoms with Crippen LogP contribution < -0.4 is 11.2 Å². The molecule has 2 aromatic rings. The van der Waals surface area contributed by atoms with Crippen LogP contribution in [0.4, 0.5) is 0 Å². The fourth-order valence-electron chi connectivity index (χ4n) is 1.60. The number of aromatic nitrogens is 2. The molecule has 18 heavy (non-hydrogen) atoms. The van der Waals surface area contributed by atoms with Gasteiger partial charge in [0.25, 0.3) is 0 Å². The van der Waals surface area contributed by atoms with Gasteiger partial charge in [0.05, 0.1) is 15.7 Å². The average Bonchev–Trinajstić information content (AvgIpc) is 2.33. The van der Waals surface area contributed by atoms with Gasteiger partial charge in [0.2, 0.25) is 5.43 Å². The van der Waals surface area contributed by atoms with E-state index in [0.29, 0.717) is 21.4 Å². The highest BCUT2D eigenvalue weighted by Gasteiger charge is 2.07. The van der Waals surface area contributed by atoms with Crippen LogP contribution in [0.1, 0.15) is 11.4 Å². The first-order chi connectivity index (χ1) is 8.52. The van der Waals surface area contributed by atoms with Crippen LogP contribution in [0.5, 0.6) is 0 Å². The largest absolute Gasteiger partial charge is 0.325 e. The molecule has 1 aromatic heterocycles. The van der Waals surface area contributed by atoms with Crippen LogP contribution in [0.25, 0.3) is 5.69 Å². The standard InChI is InChI=1S/C12H11Cl2N3O/c1-7-4-12(18)11(6-15)16-17(7)8-2-3-9(13)10(14)5-8/h2-5H,6,15H2,1H3. The summed E-state index contributed by atoms with van der Waals surface area (Å²) in [5, 5.41) is 5.11. The lowest BCUT2D eigenvalue weighted by molar-refractivity contribution is 0.750. The van der Waals surface area contributed by atoms with Crippen molar-refractivity contribution in [2.24, 2.45) is 5.73 Å². The van der Waals surface area contributed by atoms with Crippen LogP contribution in [-0.2, 0) is 6.54 Å². The van der Waals surface area contributed by atoms with E-state index in [2.05, 4.69) is 5.10 Å². The van der Waals surface area contributed by atoms with Gasteiger partial charge in [-0.15, -0.1) is 0 Å². The summed E-state index contributed by atoms with van der Waals surface area (Å²) < 4.78 is 1.62. The maximum Gasteiger partial charge on any atom is 0.204 e. The van der Waals surface area contributed by atoms with Crippen molar-refractivity contribution in [2.75, 3.05) is 0 Å². The Balaban J connectivity index is 2.63. The van der Waals surface area contributed by atoms with E-state index in [9.17, 15) is 4.79 Å². The van der Waals surface area contributed by atoms with E-state index in [1.807, 2.05) is 0 Å². The number of aryl methyl sites for hydroxylation is 1. The third kappa shape index (κ3) is 2.41. The van der Waals surface area contributed by atoms with Gasteiger partial charge in [0.15, 0.2) is 0 Å². The molecule has 0 unspecified atom stereocenters. The Bertz CT molecular complexity index is 652. The minimum Gasteiger partial charge on any atom is -0.325 e. The first kappa shape index (κ1) is 13.1. The van der Waals surface area contributed by atoms with Crippen molar-refractivity contribution in [3.05, 3.63) is 55.9 Å². The normalized spacial score (nSPS) is 10.7. The van der Waals surface area contributed by atoms with Crippen LogP contribution in [0.2, 0.25) is 10.0 Å². The Morgan fingerprint density at radius 2 is 2.00 bits per heavy atom. The molecule has 1 heterocycles. The molecule has 94 valence electrons. The molecule has 0 spiro atoms. The molecular weight excluding hydrogens is 273 g/mol. The SMILES string of the molecule is Cc1cc(=O)c(CN)nn1-c1ccc(Cl)c(Cl)c1. The summed E-state index contributed by atoms with van der Waals surface area (Å²) in [6, 6.07) is 6.64. The van der Waals surface area contributed by atoms with Gasteiger partial charge in [-0.1, -0.05) is 23.2 Å². The van der Waals surface area contributed by atoms with Crippen LogP contribution in [0.3, 0.4) is 0 Å². The van der Waals surface area contributed by atoms with Gasteiger partial charge in [-0.25, -0.2) is 4.68 Å². The zero-order chi connectivity index (χ0) is 13.3. The van der Waals surface area contributed by atoms with Crippen LogP contribution >= 0.6 is 23.2 Å². The molecule has 0 aliphatic rings. The second kappa shape index (κ2) is 5.10. The molecule has 1 aromatic carbocycles. The number of halogens is 2. The highest BCUT2D eigenvalue weighted by molar-refractivity contribution is 6.42. The Labute approximate surface area is 114 Å². The Hall–Kier alpha value is -1.36. The third-order valence-electron chi connectivity index (χ3n) is 2.52. The second-order valence-electron chi connectivity index (χ2n) is 3.81. The zero-order valence-corrected chi connectivity index (χ0v) is 11.2. The smallest absolute Gasteiger partial charge is 0.204 e. The van der Waals surface area contributed by atoms with Crippen molar-refractivity contribution >= 4 is 23.2 Å². The molecule has 2 N–H and O–H groups in total. The van der Waals surface area contributed by atoms with Crippen LogP contribution in [0, 0.1) is 6.92 Å². The molecule has 0 amide bonds. The number of nitrogens with zero attached hydrogens (tertiary/aromatic N) is 2. The van der Waals surface area contributed by atoms with Gasteiger partial charge in [0, 0.05) is 18.3 Å². The molecule has 6 heteroatoms. The maximum absolute atomic E-state index is 11.6. The Kier molecular flexibility index (Phi) is 3.71. The number of benzene rings is 1. The molecule has 0 saturated carbocycles. The summed E-state index contributed by atoms with van der Waals surface area (Å²) in [6.45, 7) is 1.89. The van der Waals surface area contributed by atoms with E-state index in [0.717, 1.165) is 5.69 Å². The molecule has 0 bridgehead atoms. The summed E-state index contributed by atoms with van der Waals surface area (Å²) >= 11 is 11.8. The van der Waals surface area contributed by atoms with E-state index in [4.69, 9.17) is 28.9 Å². The quantitative estimate of drug-likeness (QED) is 0.920. The fourth-order valence-corrected chi connectivity index (χ4v) is 1.89. The minimum absolute atomic E-state index is 0.0977. The monoisotopic (exact) mass is 283 g/mol. The molecule has 0 fully saturated rings. The summed E-state index contributed by atoms with van der Waals surface area (Å²) in [5.41, 5.74) is 7.07. The summed E-state index contributed by atoms with van der Waals surface area (Å²) in [4.78, 5) is 11.6. The molecule has 0 aliphatic carbocycles. The molecule has 2 rings (SSSR count). The van der Waals surface area contributed by atoms with Gasteiger partial charge < -0.3 is 5.73 Å². The van der Waals surface area contributed by atoms with E-state index in [1.54, 1.807) is 29.8 Å². The van der Waals surface area contributed by atoms with Crippen molar-refractivity contribution < 1.29 is 0 Å². The predicted molar refractivity (Wildman–Crippen MR) is 72.5 cm³/mol. The third-order valence-corrected chi connectivity index (χ3v) is 3.26. The summed E-state index contributed by atoms with van der Waals surface area (Å²) in [7, 11) is 0. The minimum atomic E-state index is -0.161. The van der Waals surface area contributed by atoms with Gasteiger partial charge in [-0.3, -0.25) is 4.79 Å². The van der Waals surface area contributed by atoms with E-state index >= 15 is 0 Å². The lowest BCUT2D eigenvalue weighted by atomic mass is 10.3. The van der Waals surface area contributed by atoms with Crippen LogP contribution in [0.15, 0.2) is 29.1 Å². The van der Waals surface area contributed by atoms with Gasteiger partial charge in [0.1, 0.15) is 5.69 Å². The van der Waals surface area contributed by atoms with Gasteiger partial charge >= 0.3 is 0 Å². The first-order valence-corrected chi connectivity index (χ1v) is 6.04. The van der Waals surface area contributed by atoms with Crippen molar-refractivity contribution in [1.82, 2.24) is 9.78 Å². The number of hydrogen-bond donors (Lipinski definition) is 1. The predicted octanol–water partition coefficient (Wildman–Crippen LogP) is 2.31. The van der Waals surface area contributed by atoms with Crippen LogP contribution in [-0.4, -0.2) is 9.78 Å². The lowest BCUT2D eigenvalue weighted by Crippen LogP contribution is -2.21. The van der Waals surface area contributed by atoms with Crippen molar-refractivity contribution in [2.45, 2.75) is 13.5 Å². The number of rotatable bonds is 2. The Morgan fingerprint density at radius 1 is 1.28 bits per heavy atom. The topological polar surface area (TPSA) is 60.9 Å². The van der Waals surface area contributed by atoms with Crippen molar-refractivity contribution in [3.63, 3.8) is 0 Å². The summed E-state index contributed by atoms with van der Waals surface area (Å²) in [6.07, 6.45) is 0. The molecule has 4 nitrogen and oxygen atoms in total. The van der Waals surface area contributed by atoms with Crippen molar-refractivity contribution in [1.29, 1.82) is 0 Å². The fraction of sp³-hybridized carbons (Fsp3) is 0.167. The first-order valence-electron chi connectivity index (χ1n) is 5.28. The highest BCUT2D eigenvalue weighted by atomic mass is 35.5.